The number of nitrogens with zero attached hydrogens (tertiary/aromatic N) is 1. The molecule has 136 valence electrons. The van der Waals surface area contributed by atoms with Crippen LogP contribution in [0.25, 0.3) is 0 Å². The van der Waals surface area contributed by atoms with E-state index in [-0.39, 0.29) is 11.9 Å². The first kappa shape index (κ1) is 18.0. The summed E-state index contributed by atoms with van der Waals surface area (Å²) in [6, 6.07) is 15.7. The minimum Gasteiger partial charge on any atom is -0.326 e. The van der Waals surface area contributed by atoms with Crippen LogP contribution in [0.5, 0.6) is 0 Å². The van der Waals surface area contributed by atoms with Gasteiger partial charge in [-0.3, -0.25) is 4.79 Å². The van der Waals surface area contributed by atoms with Crippen molar-refractivity contribution in [1.29, 1.82) is 0 Å². The van der Waals surface area contributed by atoms with Crippen LogP contribution < -0.4 is 10.6 Å². The van der Waals surface area contributed by atoms with Crippen LogP contribution in [0.2, 0.25) is 0 Å². The van der Waals surface area contributed by atoms with E-state index in [1.165, 1.54) is 5.56 Å². The van der Waals surface area contributed by atoms with Gasteiger partial charge in [0.1, 0.15) is 0 Å². The molecule has 0 atom stereocenters. The first-order chi connectivity index (χ1) is 12.5. The van der Waals surface area contributed by atoms with Crippen LogP contribution in [-0.4, -0.2) is 22.9 Å². The highest BCUT2D eigenvalue weighted by Crippen LogP contribution is 2.29. The molecule has 1 fully saturated rings. The Kier molecular flexibility index (Phi) is 5.56. The summed E-state index contributed by atoms with van der Waals surface area (Å²) in [7, 11) is 0. The molecular formula is C21H25N3O2. The number of nitrogens with one attached hydrogen (secondary N) is 2. The van der Waals surface area contributed by atoms with Crippen molar-refractivity contribution in [2.75, 3.05) is 10.6 Å². The smallest absolute Gasteiger partial charge is 0.322 e. The molecule has 2 aromatic carbocycles. The summed E-state index contributed by atoms with van der Waals surface area (Å²) < 4.78 is 0. The van der Waals surface area contributed by atoms with Crippen LogP contribution in [0, 0.1) is 6.92 Å². The van der Waals surface area contributed by atoms with Gasteiger partial charge in [0.05, 0.1) is 0 Å². The van der Waals surface area contributed by atoms with E-state index < -0.39 is 0 Å². The van der Waals surface area contributed by atoms with Crippen molar-refractivity contribution >= 4 is 23.3 Å². The Balaban J connectivity index is 1.64. The van der Waals surface area contributed by atoms with Crippen molar-refractivity contribution in [3.05, 3.63) is 59.7 Å². The van der Waals surface area contributed by atoms with Gasteiger partial charge in [-0.25, -0.2) is 4.79 Å². The highest BCUT2D eigenvalue weighted by Gasteiger charge is 2.32. The molecule has 0 radical (unpaired) electrons. The molecule has 2 N–H and O–H groups in total. The number of anilines is 2. The van der Waals surface area contributed by atoms with Gasteiger partial charge in [-0.05, 0) is 49.6 Å². The number of hydrogen-bond donors (Lipinski definition) is 2. The van der Waals surface area contributed by atoms with Gasteiger partial charge in [-0.15, -0.1) is 0 Å². The van der Waals surface area contributed by atoms with Crippen LogP contribution in [0.15, 0.2) is 48.5 Å². The van der Waals surface area contributed by atoms with Crippen LogP contribution in [0.1, 0.15) is 37.3 Å². The molecule has 0 saturated heterocycles. The standard InChI is InChI=1S/C21H25N3O2/c1-3-20(25)22-17-7-9-18(10-8-17)23-21(26)24(19-11-12-19)14-16-6-4-5-15(2)13-16/h4-10,13,19H,3,11-12,14H2,1-2H3,(H,22,25)(H,23,26). The molecule has 26 heavy (non-hydrogen) atoms. The lowest BCUT2D eigenvalue weighted by atomic mass is 10.1. The summed E-state index contributed by atoms with van der Waals surface area (Å²) >= 11 is 0. The maximum Gasteiger partial charge on any atom is 0.322 e. The third-order valence-electron chi connectivity index (χ3n) is 4.42. The zero-order valence-electron chi connectivity index (χ0n) is 15.3. The van der Waals surface area contributed by atoms with Crippen molar-refractivity contribution in [1.82, 2.24) is 4.90 Å². The lowest BCUT2D eigenvalue weighted by Gasteiger charge is -2.23. The van der Waals surface area contributed by atoms with Crippen molar-refractivity contribution in [3.8, 4) is 0 Å². The largest absolute Gasteiger partial charge is 0.326 e. The van der Waals surface area contributed by atoms with Crippen molar-refractivity contribution in [2.24, 2.45) is 0 Å². The van der Waals surface area contributed by atoms with E-state index in [2.05, 4.69) is 35.8 Å². The molecule has 1 aliphatic carbocycles. The maximum atomic E-state index is 12.7. The quantitative estimate of drug-likeness (QED) is 0.802. The SMILES string of the molecule is CCC(=O)Nc1ccc(NC(=O)N(Cc2cccc(C)c2)C2CC2)cc1. The number of benzene rings is 2. The molecule has 1 saturated carbocycles. The molecule has 3 rings (SSSR count). The Morgan fingerprint density at radius 1 is 1.04 bits per heavy atom. The third kappa shape index (κ3) is 4.85. The number of amides is 3. The van der Waals surface area contributed by atoms with E-state index in [9.17, 15) is 9.59 Å². The second-order valence-corrected chi connectivity index (χ2v) is 6.76. The molecule has 1 aliphatic rings. The van der Waals surface area contributed by atoms with Crippen LogP contribution in [0.3, 0.4) is 0 Å². The predicted molar refractivity (Wildman–Crippen MR) is 104 cm³/mol. The van der Waals surface area contributed by atoms with Gasteiger partial charge in [-0.2, -0.15) is 0 Å². The average Bonchev–Trinajstić information content (AvgIpc) is 3.46. The number of carbonyl (C=O) groups is 2. The van der Waals surface area contributed by atoms with E-state index in [0.29, 0.717) is 19.0 Å². The molecule has 2 aromatic rings. The molecular weight excluding hydrogens is 326 g/mol. The van der Waals surface area contributed by atoms with Crippen molar-refractivity contribution in [2.45, 2.75) is 45.7 Å². The number of aryl methyl sites for hydroxylation is 1. The van der Waals surface area contributed by atoms with E-state index >= 15 is 0 Å². The molecule has 3 amide bonds. The van der Waals surface area contributed by atoms with E-state index in [4.69, 9.17) is 0 Å². The number of rotatable bonds is 6. The summed E-state index contributed by atoms with van der Waals surface area (Å²) in [5.74, 6) is -0.0279. The van der Waals surface area contributed by atoms with Crippen LogP contribution in [-0.2, 0) is 11.3 Å². The normalized spacial score (nSPS) is 13.2. The first-order valence-electron chi connectivity index (χ1n) is 9.08. The van der Waals surface area contributed by atoms with Gasteiger partial charge < -0.3 is 15.5 Å². The minimum atomic E-state index is -0.0839. The van der Waals surface area contributed by atoms with Gasteiger partial charge in [-0.1, -0.05) is 36.8 Å². The first-order valence-corrected chi connectivity index (χ1v) is 9.08. The van der Waals surface area contributed by atoms with Gasteiger partial charge in [0, 0.05) is 30.4 Å². The Bertz CT molecular complexity index is 782. The van der Waals surface area contributed by atoms with Gasteiger partial charge in [0.2, 0.25) is 5.91 Å². The molecule has 0 unspecified atom stereocenters. The van der Waals surface area contributed by atoms with Crippen LogP contribution in [0.4, 0.5) is 16.2 Å². The highest BCUT2D eigenvalue weighted by atomic mass is 16.2. The van der Waals surface area contributed by atoms with E-state index in [1.54, 1.807) is 24.3 Å². The summed E-state index contributed by atoms with van der Waals surface area (Å²) in [5.41, 5.74) is 3.79. The van der Waals surface area contributed by atoms with Gasteiger partial charge >= 0.3 is 6.03 Å². The molecule has 0 spiro atoms. The fourth-order valence-corrected chi connectivity index (χ4v) is 2.84. The summed E-state index contributed by atoms with van der Waals surface area (Å²) in [5, 5.41) is 5.77. The Morgan fingerprint density at radius 3 is 2.27 bits per heavy atom. The van der Waals surface area contributed by atoms with Gasteiger partial charge in [0.25, 0.3) is 0 Å². The molecule has 0 aromatic heterocycles. The number of hydrogen-bond acceptors (Lipinski definition) is 2. The summed E-state index contributed by atoms with van der Waals surface area (Å²) in [6.07, 6.45) is 2.55. The lowest BCUT2D eigenvalue weighted by Crippen LogP contribution is -2.36. The molecule has 0 bridgehead atoms. The fraction of sp³-hybridized carbons (Fsp3) is 0.333. The Labute approximate surface area is 154 Å². The molecule has 5 nitrogen and oxygen atoms in total. The Hall–Kier alpha value is -2.82. The summed E-state index contributed by atoms with van der Waals surface area (Å²) in [6.45, 7) is 4.48. The topological polar surface area (TPSA) is 61.4 Å². The highest BCUT2D eigenvalue weighted by molar-refractivity contribution is 5.92. The third-order valence-corrected chi connectivity index (χ3v) is 4.42. The average molecular weight is 351 g/mol. The summed E-state index contributed by atoms with van der Waals surface area (Å²) in [4.78, 5) is 26.1. The Morgan fingerprint density at radius 2 is 1.69 bits per heavy atom. The molecule has 0 heterocycles. The van der Waals surface area contributed by atoms with Crippen LogP contribution >= 0.6 is 0 Å². The van der Waals surface area contributed by atoms with Crippen molar-refractivity contribution in [3.63, 3.8) is 0 Å². The minimum absolute atomic E-state index is 0.0279. The van der Waals surface area contributed by atoms with E-state index in [1.807, 2.05) is 17.9 Å². The number of carbonyl (C=O) groups excluding carboxylic acids is 2. The monoisotopic (exact) mass is 351 g/mol. The zero-order chi connectivity index (χ0) is 18.5. The zero-order valence-corrected chi connectivity index (χ0v) is 15.3. The predicted octanol–water partition coefficient (Wildman–Crippen LogP) is 4.54. The number of urea groups is 1. The lowest BCUT2D eigenvalue weighted by molar-refractivity contribution is -0.115. The van der Waals surface area contributed by atoms with Crippen molar-refractivity contribution < 1.29 is 9.59 Å². The fourth-order valence-electron chi connectivity index (χ4n) is 2.84. The second kappa shape index (κ2) is 8.04. The molecule has 5 heteroatoms. The maximum absolute atomic E-state index is 12.7. The second-order valence-electron chi connectivity index (χ2n) is 6.76. The van der Waals surface area contributed by atoms with E-state index in [0.717, 1.165) is 29.8 Å². The van der Waals surface area contributed by atoms with Gasteiger partial charge in [0.15, 0.2) is 0 Å². The molecule has 0 aliphatic heterocycles.